The number of hydrogen-bond donors (Lipinski definition) is 0. The third kappa shape index (κ3) is 3.61. The Hall–Kier alpha value is -2.82. The van der Waals surface area contributed by atoms with Crippen molar-refractivity contribution in [3.63, 3.8) is 0 Å². The van der Waals surface area contributed by atoms with Crippen molar-refractivity contribution in [3.05, 3.63) is 87.6 Å². The van der Waals surface area contributed by atoms with Crippen LogP contribution in [0.4, 0.5) is 14.6 Å². The summed E-state index contributed by atoms with van der Waals surface area (Å²) in [6.45, 7) is 8.96. The van der Waals surface area contributed by atoms with Crippen LogP contribution in [0.25, 0.3) is 0 Å². The quantitative estimate of drug-likeness (QED) is 0.570. The van der Waals surface area contributed by atoms with E-state index >= 15 is 4.39 Å². The van der Waals surface area contributed by atoms with Gasteiger partial charge in [0.05, 0.1) is 6.04 Å². The maximum atomic E-state index is 15.2. The van der Waals surface area contributed by atoms with Crippen molar-refractivity contribution in [3.8, 4) is 0 Å². The molecule has 3 nitrogen and oxygen atoms in total. The molecule has 0 N–H and O–H groups in total. The van der Waals surface area contributed by atoms with Crippen molar-refractivity contribution in [2.75, 3.05) is 11.4 Å². The van der Waals surface area contributed by atoms with Crippen LogP contribution in [0.15, 0.2) is 42.5 Å². The van der Waals surface area contributed by atoms with Gasteiger partial charge in [-0.2, -0.15) is 0 Å². The summed E-state index contributed by atoms with van der Waals surface area (Å²) in [7, 11) is 0. The summed E-state index contributed by atoms with van der Waals surface area (Å²) in [5.74, 6) is 0.506. The summed E-state index contributed by atoms with van der Waals surface area (Å²) >= 11 is 0. The highest BCUT2D eigenvalue weighted by molar-refractivity contribution is 5.53. The van der Waals surface area contributed by atoms with E-state index in [-0.39, 0.29) is 11.9 Å². The molecule has 5 heteroatoms. The van der Waals surface area contributed by atoms with Crippen LogP contribution in [-0.2, 0) is 6.42 Å². The number of anilines is 1. The fourth-order valence-corrected chi connectivity index (χ4v) is 4.06. The van der Waals surface area contributed by atoms with Crippen LogP contribution >= 0.6 is 0 Å². The van der Waals surface area contributed by atoms with E-state index < -0.39 is 12.0 Å². The second-order valence-corrected chi connectivity index (χ2v) is 7.85. The van der Waals surface area contributed by atoms with Crippen LogP contribution in [0.3, 0.4) is 0 Å². The van der Waals surface area contributed by atoms with Gasteiger partial charge in [0.15, 0.2) is 12.0 Å². The number of fused-ring (bicyclic) bond motifs is 1. The summed E-state index contributed by atoms with van der Waals surface area (Å²) in [5, 5.41) is 0. The SMILES string of the molecule is Cc1ccc2c(c1)CCN(c1nc(C(F)c3ccc(F)cc3)nc(C)c1C)C2C. The third-order valence-electron chi connectivity index (χ3n) is 5.88. The lowest BCUT2D eigenvalue weighted by Gasteiger charge is -2.37. The molecule has 0 saturated heterocycles. The van der Waals surface area contributed by atoms with Crippen molar-refractivity contribution in [2.24, 2.45) is 0 Å². The van der Waals surface area contributed by atoms with E-state index in [4.69, 9.17) is 0 Å². The summed E-state index contributed by atoms with van der Waals surface area (Å²) in [6, 6.07) is 12.1. The zero-order valence-electron chi connectivity index (χ0n) is 17.2. The van der Waals surface area contributed by atoms with Gasteiger partial charge >= 0.3 is 0 Å². The fourth-order valence-electron chi connectivity index (χ4n) is 4.06. The molecule has 0 aliphatic carbocycles. The van der Waals surface area contributed by atoms with Crippen LogP contribution in [0.5, 0.6) is 0 Å². The van der Waals surface area contributed by atoms with E-state index in [0.29, 0.717) is 5.56 Å². The number of hydrogen-bond acceptors (Lipinski definition) is 3. The molecule has 0 radical (unpaired) electrons. The van der Waals surface area contributed by atoms with Gasteiger partial charge in [0.25, 0.3) is 0 Å². The van der Waals surface area contributed by atoms with Crippen molar-refractivity contribution in [1.29, 1.82) is 0 Å². The smallest absolute Gasteiger partial charge is 0.185 e. The van der Waals surface area contributed by atoms with Gasteiger partial charge in [-0.15, -0.1) is 0 Å². The molecule has 2 unspecified atom stereocenters. The summed E-state index contributed by atoms with van der Waals surface area (Å²) in [6.07, 6.45) is -0.570. The molecule has 0 bridgehead atoms. The number of aromatic nitrogens is 2. The van der Waals surface area contributed by atoms with Crippen molar-refractivity contribution in [1.82, 2.24) is 9.97 Å². The second kappa shape index (κ2) is 7.54. The minimum atomic E-state index is -1.50. The van der Waals surface area contributed by atoms with E-state index in [1.807, 2.05) is 13.8 Å². The molecule has 0 fully saturated rings. The Kier molecular flexibility index (Phi) is 5.07. The molecule has 2 aromatic carbocycles. The monoisotopic (exact) mass is 393 g/mol. The fraction of sp³-hybridized carbons (Fsp3) is 0.333. The molecule has 3 aromatic rings. The maximum absolute atomic E-state index is 15.2. The highest BCUT2D eigenvalue weighted by atomic mass is 19.1. The standard InChI is InChI=1S/C24H25F2N3/c1-14-5-10-21-17(4)29(12-11-19(21)13-14)24-15(2)16(3)27-23(28-24)22(26)18-6-8-20(25)9-7-18/h5-10,13,17,22H,11-12H2,1-4H3. The highest BCUT2D eigenvalue weighted by Crippen LogP contribution is 2.36. The first-order valence-electron chi connectivity index (χ1n) is 9.96. The molecule has 1 aromatic heterocycles. The van der Waals surface area contributed by atoms with Crippen molar-refractivity contribution >= 4 is 5.82 Å². The number of alkyl halides is 1. The largest absolute Gasteiger partial charge is 0.349 e. The first-order chi connectivity index (χ1) is 13.8. The number of nitrogens with zero attached hydrogens (tertiary/aromatic N) is 3. The number of benzene rings is 2. The first-order valence-corrected chi connectivity index (χ1v) is 9.96. The average Bonchev–Trinajstić information content (AvgIpc) is 2.70. The lowest BCUT2D eigenvalue weighted by atomic mass is 9.92. The van der Waals surface area contributed by atoms with Crippen LogP contribution < -0.4 is 4.90 Å². The molecule has 1 aliphatic heterocycles. The molecular weight excluding hydrogens is 368 g/mol. The van der Waals surface area contributed by atoms with Gasteiger partial charge in [0, 0.05) is 17.8 Å². The Morgan fingerprint density at radius 3 is 2.48 bits per heavy atom. The van der Waals surface area contributed by atoms with Gasteiger partial charge in [-0.3, -0.25) is 0 Å². The predicted molar refractivity (Wildman–Crippen MR) is 112 cm³/mol. The topological polar surface area (TPSA) is 29.0 Å². The van der Waals surface area contributed by atoms with Crippen LogP contribution in [0, 0.1) is 26.6 Å². The molecule has 0 amide bonds. The normalized spacial score (nSPS) is 17.2. The molecule has 4 rings (SSSR count). The Bertz CT molecular complexity index is 1050. The van der Waals surface area contributed by atoms with Crippen LogP contribution in [0.1, 0.15) is 58.5 Å². The van der Waals surface area contributed by atoms with Gasteiger partial charge in [-0.05, 0) is 62.9 Å². The molecule has 0 spiro atoms. The maximum Gasteiger partial charge on any atom is 0.185 e. The number of halogens is 2. The van der Waals surface area contributed by atoms with Crippen molar-refractivity contribution in [2.45, 2.75) is 46.3 Å². The van der Waals surface area contributed by atoms with Gasteiger partial charge in [0.2, 0.25) is 0 Å². The third-order valence-corrected chi connectivity index (χ3v) is 5.88. The second-order valence-electron chi connectivity index (χ2n) is 7.85. The number of aryl methyl sites for hydroxylation is 2. The average molecular weight is 393 g/mol. The zero-order valence-corrected chi connectivity index (χ0v) is 17.2. The Morgan fingerprint density at radius 2 is 1.76 bits per heavy atom. The molecule has 2 atom stereocenters. The molecule has 29 heavy (non-hydrogen) atoms. The minimum absolute atomic E-state index is 0.122. The highest BCUT2D eigenvalue weighted by Gasteiger charge is 2.28. The van der Waals surface area contributed by atoms with Crippen molar-refractivity contribution < 1.29 is 8.78 Å². The summed E-state index contributed by atoms with van der Waals surface area (Å²) in [5.41, 5.74) is 5.99. The lowest BCUT2D eigenvalue weighted by Crippen LogP contribution is -2.35. The van der Waals surface area contributed by atoms with Gasteiger partial charge in [-0.1, -0.05) is 35.9 Å². The summed E-state index contributed by atoms with van der Waals surface area (Å²) in [4.78, 5) is 11.3. The van der Waals surface area contributed by atoms with Gasteiger partial charge < -0.3 is 4.90 Å². The van der Waals surface area contributed by atoms with Crippen LogP contribution in [-0.4, -0.2) is 16.5 Å². The van der Waals surface area contributed by atoms with E-state index in [9.17, 15) is 4.39 Å². The van der Waals surface area contributed by atoms with E-state index in [2.05, 4.69) is 46.9 Å². The van der Waals surface area contributed by atoms with E-state index in [1.165, 1.54) is 41.0 Å². The Morgan fingerprint density at radius 1 is 1.03 bits per heavy atom. The van der Waals surface area contributed by atoms with Crippen LogP contribution in [0.2, 0.25) is 0 Å². The Labute approximate surface area is 170 Å². The summed E-state index contributed by atoms with van der Waals surface area (Å²) < 4.78 is 28.4. The molecule has 150 valence electrons. The molecule has 0 saturated carbocycles. The molecule has 2 heterocycles. The van der Waals surface area contributed by atoms with Gasteiger partial charge in [-0.25, -0.2) is 18.7 Å². The first kappa shape index (κ1) is 19.5. The predicted octanol–water partition coefficient (Wildman–Crippen LogP) is 5.72. The van der Waals surface area contributed by atoms with E-state index in [0.717, 1.165) is 30.0 Å². The Balaban J connectivity index is 1.72. The van der Waals surface area contributed by atoms with E-state index in [1.54, 1.807) is 0 Å². The molecular formula is C24H25F2N3. The number of rotatable bonds is 3. The lowest BCUT2D eigenvalue weighted by molar-refractivity contribution is 0.382. The molecule has 1 aliphatic rings. The minimum Gasteiger partial charge on any atom is -0.349 e. The van der Waals surface area contributed by atoms with Gasteiger partial charge in [0.1, 0.15) is 11.6 Å². The zero-order chi connectivity index (χ0) is 20.7.